The van der Waals surface area contributed by atoms with Gasteiger partial charge in [0.1, 0.15) is 5.82 Å². The zero-order chi connectivity index (χ0) is 14.2. The average Bonchev–Trinajstić information content (AvgIpc) is 2.81. The van der Waals surface area contributed by atoms with Crippen molar-refractivity contribution in [3.63, 3.8) is 0 Å². The van der Waals surface area contributed by atoms with Crippen molar-refractivity contribution in [1.29, 1.82) is 0 Å². The molecule has 0 aliphatic heterocycles. The first-order valence-corrected chi connectivity index (χ1v) is 5.98. The number of carboxylic acids is 1. The van der Waals surface area contributed by atoms with Crippen molar-refractivity contribution in [2.24, 2.45) is 0 Å². The highest BCUT2D eigenvalue weighted by atomic mass is 19.1. The van der Waals surface area contributed by atoms with Gasteiger partial charge in [-0.1, -0.05) is 0 Å². The predicted octanol–water partition coefficient (Wildman–Crippen LogP) is 3.28. The molecule has 19 heavy (non-hydrogen) atoms. The van der Waals surface area contributed by atoms with Crippen molar-refractivity contribution in [1.82, 2.24) is 9.78 Å². The summed E-state index contributed by atoms with van der Waals surface area (Å²) < 4.78 is 15.4. The van der Waals surface area contributed by atoms with Crippen molar-refractivity contribution in [3.05, 3.63) is 41.5 Å². The van der Waals surface area contributed by atoms with Crippen molar-refractivity contribution in [2.45, 2.75) is 26.8 Å². The maximum Gasteiger partial charge on any atom is 0.336 e. The van der Waals surface area contributed by atoms with E-state index in [0.717, 1.165) is 0 Å². The molecule has 1 N–H and O–H groups in total. The number of carbonyl (C=O) groups is 1. The summed E-state index contributed by atoms with van der Waals surface area (Å²) >= 11 is 0. The van der Waals surface area contributed by atoms with Gasteiger partial charge in [0.15, 0.2) is 0 Å². The lowest BCUT2D eigenvalue weighted by Crippen LogP contribution is -2.02. The van der Waals surface area contributed by atoms with E-state index in [0.29, 0.717) is 16.7 Å². The van der Waals surface area contributed by atoms with Crippen LogP contribution in [0.2, 0.25) is 0 Å². The van der Waals surface area contributed by atoms with E-state index in [9.17, 15) is 14.3 Å². The minimum Gasteiger partial charge on any atom is -0.478 e. The van der Waals surface area contributed by atoms with Crippen LogP contribution >= 0.6 is 0 Å². The smallest absolute Gasteiger partial charge is 0.336 e. The molecule has 1 aromatic carbocycles. The Balaban J connectivity index is 2.59. The number of hydrogen-bond acceptors (Lipinski definition) is 2. The highest BCUT2D eigenvalue weighted by molar-refractivity contribution is 5.96. The molecule has 0 atom stereocenters. The first kappa shape index (κ1) is 13.3. The highest BCUT2D eigenvalue weighted by Crippen LogP contribution is 2.27. The molecular formula is C14H15FN2O2. The molecule has 0 amide bonds. The van der Waals surface area contributed by atoms with Gasteiger partial charge in [0.05, 0.1) is 11.8 Å². The first-order valence-electron chi connectivity index (χ1n) is 5.98. The quantitative estimate of drug-likeness (QED) is 0.923. The molecule has 2 aromatic rings. The van der Waals surface area contributed by atoms with Crippen LogP contribution in [0.25, 0.3) is 11.1 Å². The monoisotopic (exact) mass is 262 g/mol. The summed E-state index contributed by atoms with van der Waals surface area (Å²) in [6.07, 6.45) is 3.28. The number of rotatable bonds is 3. The Hall–Kier alpha value is -2.17. The van der Waals surface area contributed by atoms with Crippen molar-refractivity contribution in [3.8, 4) is 11.1 Å². The van der Waals surface area contributed by atoms with Crippen LogP contribution in [-0.4, -0.2) is 20.9 Å². The van der Waals surface area contributed by atoms with Gasteiger partial charge in [-0.05, 0) is 38.5 Å². The van der Waals surface area contributed by atoms with Crippen LogP contribution < -0.4 is 0 Å². The fraction of sp³-hybridized carbons (Fsp3) is 0.286. The minimum absolute atomic E-state index is 0.0854. The molecule has 4 nitrogen and oxygen atoms in total. The van der Waals surface area contributed by atoms with Gasteiger partial charge in [0.2, 0.25) is 0 Å². The topological polar surface area (TPSA) is 55.1 Å². The van der Waals surface area contributed by atoms with E-state index in [1.165, 1.54) is 12.1 Å². The Kier molecular flexibility index (Phi) is 3.38. The molecule has 0 fully saturated rings. The molecule has 2 rings (SSSR count). The van der Waals surface area contributed by atoms with E-state index < -0.39 is 11.8 Å². The van der Waals surface area contributed by atoms with Crippen LogP contribution in [0.1, 0.15) is 35.8 Å². The molecule has 1 aromatic heterocycles. The lowest BCUT2D eigenvalue weighted by Gasteiger charge is -2.07. The second-order valence-electron chi connectivity index (χ2n) is 4.75. The predicted molar refractivity (Wildman–Crippen MR) is 69.7 cm³/mol. The number of halogens is 1. The molecular weight excluding hydrogens is 247 g/mol. The second-order valence-corrected chi connectivity index (χ2v) is 4.75. The first-order chi connectivity index (χ1) is 8.90. The Bertz CT molecular complexity index is 632. The van der Waals surface area contributed by atoms with Gasteiger partial charge < -0.3 is 5.11 Å². The van der Waals surface area contributed by atoms with Gasteiger partial charge in [-0.2, -0.15) is 5.10 Å². The van der Waals surface area contributed by atoms with Crippen molar-refractivity contribution < 1.29 is 14.3 Å². The highest BCUT2D eigenvalue weighted by Gasteiger charge is 2.16. The molecule has 0 radical (unpaired) electrons. The number of aryl methyl sites for hydroxylation is 1. The molecule has 0 unspecified atom stereocenters. The average molecular weight is 262 g/mol. The lowest BCUT2D eigenvalue weighted by atomic mass is 10.00. The van der Waals surface area contributed by atoms with E-state index in [2.05, 4.69) is 5.10 Å². The zero-order valence-corrected chi connectivity index (χ0v) is 11.0. The molecule has 0 saturated carbocycles. The van der Waals surface area contributed by atoms with E-state index >= 15 is 0 Å². The van der Waals surface area contributed by atoms with Crippen LogP contribution in [0.5, 0.6) is 0 Å². The fourth-order valence-corrected chi connectivity index (χ4v) is 1.86. The third-order valence-electron chi connectivity index (χ3n) is 2.97. The molecule has 0 aliphatic rings. The Morgan fingerprint density at radius 2 is 2.11 bits per heavy atom. The largest absolute Gasteiger partial charge is 0.478 e. The maximum absolute atomic E-state index is 13.7. The van der Waals surface area contributed by atoms with E-state index in [4.69, 9.17) is 0 Å². The molecule has 100 valence electrons. The fourth-order valence-electron chi connectivity index (χ4n) is 1.86. The number of benzene rings is 1. The summed E-state index contributed by atoms with van der Waals surface area (Å²) in [5.41, 5.74) is 1.35. The summed E-state index contributed by atoms with van der Waals surface area (Å²) in [4.78, 5) is 11.2. The Morgan fingerprint density at radius 1 is 1.42 bits per heavy atom. The zero-order valence-electron chi connectivity index (χ0n) is 11.0. The van der Waals surface area contributed by atoms with E-state index in [-0.39, 0.29) is 11.6 Å². The normalized spacial score (nSPS) is 11.0. The Morgan fingerprint density at radius 3 is 2.63 bits per heavy atom. The molecule has 0 aliphatic carbocycles. The van der Waals surface area contributed by atoms with Gasteiger partial charge in [-0.3, -0.25) is 4.68 Å². The van der Waals surface area contributed by atoms with Gasteiger partial charge in [0.25, 0.3) is 0 Å². The van der Waals surface area contributed by atoms with Gasteiger partial charge in [0, 0.05) is 23.4 Å². The van der Waals surface area contributed by atoms with Crippen LogP contribution in [0.3, 0.4) is 0 Å². The summed E-state index contributed by atoms with van der Waals surface area (Å²) in [7, 11) is 0. The van der Waals surface area contributed by atoms with Crippen LogP contribution in [0, 0.1) is 12.7 Å². The minimum atomic E-state index is -1.07. The van der Waals surface area contributed by atoms with Crippen molar-refractivity contribution in [2.75, 3.05) is 0 Å². The van der Waals surface area contributed by atoms with E-state index in [1.54, 1.807) is 24.0 Å². The van der Waals surface area contributed by atoms with Gasteiger partial charge >= 0.3 is 5.97 Å². The SMILES string of the molecule is Cc1cc(C(=O)O)c(-c2cnn(C(C)C)c2)cc1F. The summed E-state index contributed by atoms with van der Waals surface area (Å²) in [6.45, 7) is 5.47. The number of aromatic nitrogens is 2. The summed E-state index contributed by atoms with van der Waals surface area (Å²) in [6, 6.07) is 2.76. The van der Waals surface area contributed by atoms with Gasteiger partial charge in [-0.25, -0.2) is 9.18 Å². The molecule has 0 saturated heterocycles. The third-order valence-corrected chi connectivity index (χ3v) is 2.97. The number of carboxylic acid groups (broad SMARTS) is 1. The lowest BCUT2D eigenvalue weighted by molar-refractivity contribution is 0.0697. The number of hydrogen-bond donors (Lipinski definition) is 1. The van der Waals surface area contributed by atoms with Crippen LogP contribution in [-0.2, 0) is 0 Å². The standard InChI is InChI=1S/C14H15FN2O2/c1-8(2)17-7-10(6-16-17)11-5-13(15)9(3)4-12(11)14(18)19/h4-8H,1-3H3,(H,18,19). The second kappa shape index (κ2) is 4.84. The molecule has 0 bridgehead atoms. The molecule has 1 heterocycles. The Labute approximate surface area is 110 Å². The van der Waals surface area contributed by atoms with Crippen LogP contribution in [0.15, 0.2) is 24.5 Å². The van der Waals surface area contributed by atoms with Gasteiger partial charge in [-0.15, -0.1) is 0 Å². The third kappa shape index (κ3) is 2.50. The van der Waals surface area contributed by atoms with Crippen molar-refractivity contribution >= 4 is 5.97 Å². The van der Waals surface area contributed by atoms with Crippen LogP contribution in [0.4, 0.5) is 4.39 Å². The molecule has 5 heteroatoms. The van der Waals surface area contributed by atoms with E-state index in [1.807, 2.05) is 13.8 Å². The molecule has 0 spiro atoms. The summed E-state index contributed by atoms with van der Waals surface area (Å²) in [5.74, 6) is -1.49. The number of nitrogens with zero attached hydrogens (tertiary/aromatic N) is 2. The maximum atomic E-state index is 13.7. The number of aromatic carboxylic acids is 1. The summed E-state index contributed by atoms with van der Waals surface area (Å²) in [5, 5.41) is 13.4.